The van der Waals surface area contributed by atoms with Crippen LogP contribution in [-0.4, -0.2) is 25.4 Å². The van der Waals surface area contributed by atoms with Gasteiger partial charge in [0.05, 0.1) is 11.7 Å². The summed E-state index contributed by atoms with van der Waals surface area (Å²) in [5.41, 5.74) is 3.47. The minimum Gasteiger partial charge on any atom is -0.424 e. The van der Waals surface area contributed by atoms with Crippen molar-refractivity contribution in [1.82, 2.24) is 19.5 Å². The third-order valence-electron chi connectivity index (χ3n) is 5.39. The zero-order valence-electron chi connectivity index (χ0n) is 18.8. The van der Waals surface area contributed by atoms with Crippen LogP contribution in [0, 0.1) is 6.92 Å². The van der Waals surface area contributed by atoms with E-state index in [1.807, 2.05) is 36.6 Å². The van der Waals surface area contributed by atoms with Crippen LogP contribution in [0.2, 0.25) is 0 Å². The lowest BCUT2D eigenvalue weighted by Gasteiger charge is -2.09. The van der Waals surface area contributed by atoms with Crippen LogP contribution in [0.15, 0.2) is 83.5 Å². The van der Waals surface area contributed by atoms with Crippen LogP contribution >= 0.6 is 11.3 Å². The number of nitrogens with zero attached hydrogens (tertiary/aromatic N) is 4. The first kappa shape index (κ1) is 22.4. The van der Waals surface area contributed by atoms with Crippen LogP contribution in [0.5, 0.6) is 11.8 Å². The van der Waals surface area contributed by atoms with E-state index in [9.17, 15) is 9.59 Å². The van der Waals surface area contributed by atoms with Crippen molar-refractivity contribution in [2.75, 3.05) is 5.32 Å². The van der Waals surface area contributed by atoms with Crippen molar-refractivity contribution in [1.29, 1.82) is 0 Å². The second kappa shape index (κ2) is 9.86. The highest BCUT2D eigenvalue weighted by Crippen LogP contribution is 2.30. The van der Waals surface area contributed by atoms with Gasteiger partial charge in [0, 0.05) is 42.0 Å². The van der Waals surface area contributed by atoms with Gasteiger partial charge in [0.25, 0.3) is 5.56 Å². The van der Waals surface area contributed by atoms with Gasteiger partial charge in [-0.05, 0) is 42.8 Å². The summed E-state index contributed by atoms with van der Waals surface area (Å²) < 4.78 is 7.04. The van der Waals surface area contributed by atoms with Crippen LogP contribution in [0.1, 0.15) is 12.0 Å². The van der Waals surface area contributed by atoms with E-state index in [1.165, 1.54) is 22.2 Å². The molecular weight excluding hydrogens is 462 g/mol. The highest BCUT2D eigenvalue weighted by atomic mass is 32.1. The Bertz CT molecular complexity index is 1530. The van der Waals surface area contributed by atoms with Crippen LogP contribution in [-0.2, 0) is 11.3 Å². The van der Waals surface area contributed by atoms with Gasteiger partial charge in [-0.25, -0.2) is 15.0 Å². The molecule has 0 aliphatic rings. The molecule has 0 unspecified atom stereocenters. The normalized spacial score (nSPS) is 10.9. The maximum atomic E-state index is 13.2. The van der Waals surface area contributed by atoms with Gasteiger partial charge in [-0.2, -0.15) is 0 Å². The molecule has 3 aromatic heterocycles. The summed E-state index contributed by atoms with van der Waals surface area (Å²) in [6.45, 7) is 2.25. The lowest BCUT2D eigenvalue weighted by atomic mass is 10.1. The molecule has 0 fully saturated rings. The second-order valence-electron chi connectivity index (χ2n) is 7.89. The number of anilines is 1. The smallest absolute Gasteiger partial charge is 0.321 e. The van der Waals surface area contributed by atoms with E-state index < -0.39 is 0 Å². The average molecular weight is 484 g/mol. The predicted molar refractivity (Wildman–Crippen MR) is 136 cm³/mol. The molecule has 174 valence electrons. The number of amides is 1. The molecule has 1 amide bonds. The van der Waals surface area contributed by atoms with Gasteiger partial charge in [0.2, 0.25) is 5.91 Å². The van der Waals surface area contributed by atoms with Crippen LogP contribution in [0.25, 0.3) is 21.3 Å². The monoisotopic (exact) mass is 483 g/mol. The van der Waals surface area contributed by atoms with Gasteiger partial charge >= 0.3 is 6.01 Å². The van der Waals surface area contributed by atoms with E-state index in [1.54, 1.807) is 42.7 Å². The van der Waals surface area contributed by atoms with Crippen molar-refractivity contribution in [3.05, 3.63) is 94.6 Å². The van der Waals surface area contributed by atoms with Crippen LogP contribution < -0.4 is 15.6 Å². The van der Waals surface area contributed by atoms with Gasteiger partial charge in [-0.15, -0.1) is 11.3 Å². The first-order chi connectivity index (χ1) is 17.1. The molecule has 0 atom stereocenters. The Kier molecular flexibility index (Phi) is 6.32. The fourth-order valence-electron chi connectivity index (χ4n) is 3.57. The van der Waals surface area contributed by atoms with E-state index in [0.717, 1.165) is 16.7 Å². The summed E-state index contributed by atoms with van der Waals surface area (Å²) in [7, 11) is 0. The zero-order chi connectivity index (χ0) is 24.2. The van der Waals surface area contributed by atoms with Crippen LogP contribution in [0.4, 0.5) is 5.69 Å². The zero-order valence-corrected chi connectivity index (χ0v) is 19.7. The Morgan fingerprint density at radius 3 is 2.51 bits per heavy atom. The van der Waals surface area contributed by atoms with E-state index in [2.05, 4.69) is 20.3 Å². The van der Waals surface area contributed by atoms with Gasteiger partial charge < -0.3 is 10.1 Å². The summed E-state index contributed by atoms with van der Waals surface area (Å²) in [5.74, 6) is 0.349. The van der Waals surface area contributed by atoms with E-state index >= 15 is 0 Å². The molecule has 9 heteroatoms. The van der Waals surface area contributed by atoms with Gasteiger partial charge in [0.1, 0.15) is 10.6 Å². The maximum Gasteiger partial charge on any atom is 0.321 e. The minimum atomic E-state index is -0.207. The van der Waals surface area contributed by atoms with E-state index in [4.69, 9.17) is 4.74 Å². The first-order valence-electron chi connectivity index (χ1n) is 11.0. The molecule has 5 aromatic rings. The van der Waals surface area contributed by atoms with E-state index in [0.29, 0.717) is 21.7 Å². The fraction of sp³-hybridized carbons (Fsp3) is 0.115. The second-order valence-corrected chi connectivity index (χ2v) is 8.75. The number of aromatic nitrogens is 4. The van der Waals surface area contributed by atoms with E-state index in [-0.39, 0.29) is 30.4 Å². The molecule has 0 radical (unpaired) electrons. The van der Waals surface area contributed by atoms with Crippen molar-refractivity contribution >= 4 is 33.1 Å². The predicted octanol–water partition coefficient (Wildman–Crippen LogP) is 5.04. The Balaban J connectivity index is 1.25. The number of fused-ring (bicyclic) bond motifs is 1. The summed E-state index contributed by atoms with van der Waals surface area (Å²) >= 11 is 1.44. The highest BCUT2D eigenvalue weighted by molar-refractivity contribution is 7.17. The molecule has 2 aromatic carbocycles. The number of nitrogens with one attached hydrogen (secondary N) is 1. The lowest BCUT2D eigenvalue weighted by molar-refractivity contribution is -0.116. The molecule has 0 saturated heterocycles. The first-order valence-corrected chi connectivity index (χ1v) is 11.8. The van der Waals surface area contributed by atoms with Crippen molar-refractivity contribution in [3.63, 3.8) is 0 Å². The molecule has 8 nitrogen and oxygen atoms in total. The molecule has 3 heterocycles. The number of hydrogen-bond donors (Lipinski definition) is 1. The molecule has 5 rings (SSSR count). The number of carbonyl (C=O) groups excluding carboxylic acids is 1. The summed E-state index contributed by atoms with van der Waals surface area (Å²) in [6.07, 6.45) is 4.83. The number of carbonyl (C=O) groups is 1. The van der Waals surface area contributed by atoms with Gasteiger partial charge in [-0.1, -0.05) is 29.8 Å². The molecule has 0 spiro atoms. The number of aryl methyl sites for hydroxylation is 2. The Hall–Kier alpha value is -4.37. The fourth-order valence-corrected chi connectivity index (χ4v) is 4.47. The molecule has 0 saturated carbocycles. The van der Waals surface area contributed by atoms with Gasteiger partial charge in [0.15, 0.2) is 0 Å². The molecule has 0 aliphatic heterocycles. The Labute approximate surface area is 204 Å². The average Bonchev–Trinajstić information content (AvgIpc) is 3.31. The standard InChI is InChI=1S/C26H21N5O3S/c1-17-3-5-18(6-4-17)21-15-35-24-23(21)25(33)31(16-29-24)14-11-22(32)30-19-7-9-20(10-8-19)34-26-27-12-2-13-28-26/h2-10,12-13,15-16H,11,14H2,1H3,(H,30,32). The number of rotatable bonds is 7. The molecule has 0 bridgehead atoms. The van der Waals surface area contributed by atoms with Crippen molar-refractivity contribution < 1.29 is 9.53 Å². The minimum absolute atomic E-state index is 0.132. The molecule has 1 N–H and O–H groups in total. The third-order valence-corrected chi connectivity index (χ3v) is 6.28. The van der Waals surface area contributed by atoms with Crippen molar-refractivity contribution in [2.24, 2.45) is 0 Å². The van der Waals surface area contributed by atoms with Crippen molar-refractivity contribution in [3.8, 4) is 22.9 Å². The number of hydrogen-bond acceptors (Lipinski definition) is 7. The highest BCUT2D eigenvalue weighted by Gasteiger charge is 2.14. The maximum absolute atomic E-state index is 13.2. The Morgan fingerprint density at radius 2 is 1.77 bits per heavy atom. The SMILES string of the molecule is Cc1ccc(-c2csc3ncn(CCC(=O)Nc4ccc(Oc5ncccn5)cc4)c(=O)c23)cc1. The third kappa shape index (κ3) is 5.10. The summed E-state index contributed by atoms with van der Waals surface area (Å²) in [6, 6.07) is 16.9. The summed E-state index contributed by atoms with van der Waals surface area (Å²) in [4.78, 5) is 38.8. The number of ether oxygens (including phenoxy) is 1. The quantitative estimate of drug-likeness (QED) is 0.348. The van der Waals surface area contributed by atoms with Crippen LogP contribution in [0.3, 0.4) is 0 Å². The number of thiophene rings is 1. The largest absolute Gasteiger partial charge is 0.424 e. The van der Waals surface area contributed by atoms with Gasteiger partial charge in [-0.3, -0.25) is 14.2 Å². The van der Waals surface area contributed by atoms with Crippen molar-refractivity contribution in [2.45, 2.75) is 19.9 Å². The molecular formula is C26H21N5O3S. The number of benzene rings is 2. The lowest BCUT2D eigenvalue weighted by Crippen LogP contribution is -2.23. The molecule has 0 aliphatic carbocycles. The Morgan fingerprint density at radius 1 is 1.03 bits per heavy atom. The topological polar surface area (TPSA) is 99.0 Å². The molecule has 35 heavy (non-hydrogen) atoms. The summed E-state index contributed by atoms with van der Waals surface area (Å²) in [5, 5.41) is 5.38.